The molecule has 0 aliphatic rings. The van der Waals surface area contributed by atoms with E-state index in [4.69, 9.17) is 14.6 Å². The zero-order valence-electron chi connectivity index (χ0n) is 17.5. The lowest BCUT2D eigenvalue weighted by Crippen LogP contribution is -2.43. The standard InChI is InChI=1S/C22H27BrN2O5/c1-5-29-18-10-15(12-24-16-8-6-14(7-9-16)21(27)28)17(23)11-19(18)30-13-20(26)25-22(2,3)4/h6-11,24H,5,12-13H2,1-4H3,(H,25,26)(H,27,28). The van der Waals surface area contributed by atoms with E-state index in [1.165, 1.54) is 0 Å². The first-order valence-electron chi connectivity index (χ1n) is 9.55. The minimum Gasteiger partial charge on any atom is -0.490 e. The van der Waals surface area contributed by atoms with Gasteiger partial charge in [0.2, 0.25) is 0 Å². The van der Waals surface area contributed by atoms with Crippen molar-refractivity contribution in [2.24, 2.45) is 0 Å². The topological polar surface area (TPSA) is 96.9 Å². The van der Waals surface area contributed by atoms with Gasteiger partial charge in [-0.25, -0.2) is 4.79 Å². The lowest BCUT2D eigenvalue weighted by atomic mass is 10.1. The normalized spacial score (nSPS) is 11.0. The summed E-state index contributed by atoms with van der Waals surface area (Å²) in [5.74, 6) is -0.154. The number of carboxylic acids is 1. The summed E-state index contributed by atoms with van der Waals surface area (Å²) in [4.78, 5) is 23.0. The van der Waals surface area contributed by atoms with E-state index in [9.17, 15) is 9.59 Å². The van der Waals surface area contributed by atoms with Crippen molar-refractivity contribution in [2.75, 3.05) is 18.5 Å². The molecule has 2 aromatic rings. The van der Waals surface area contributed by atoms with Gasteiger partial charge < -0.3 is 25.2 Å². The van der Waals surface area contributed by atoms with E-state index >= 15 is 0 Å². The van der Waals surface area contributed by atoms with E-state index < -0.39 is 5.97 Å². The number of nitrogens with one attached hydrogen (secondary N) is 2. The van der Waals surface area contributed by atoms with Crippen LogP contribution in [0.1, 0.15) is 43.6 Å². The third-order valence-corrected chi connectivity index (χ3v) is 4.64. The van der Waals surface area contributed by atoms with Crippen LogP contribution in [-0.2, 0) is 11.3 Å². The average Bonchev–Trinajstić information content (AvgIpc) is 2.66. The third kappa shape index (κ3) is 7.26. The second-order valence-corrected chi connectivity index (χ2v) is 8.50. The number of carbonyl (C=O) groups is 2. The molecule has 1 amide bonds. The summed E-state index contributed by atoms with van der Waals surface area (Å²) in [7, 11) is 0. The molecule has 0 aliphatic carbocycles. The molecule has 8 heteroatoms. The monoisotopic (exact) mass is 478 g/mol. The van der Waals surface area contributed by atoms with Crippen LogP contribution in [-0.4, -0.2) is 35.7 Å². The summed E-state index contributed by atoms with van der Waals surface area (Å²) in [6.45, 7) is 8.42. The third-order valence-electron chi connectivity index (χ3n) is 3.90. The van der Waals surface area contributed by atoms with E-state index in [0.29, 0.717) is 24.7 Å². The predicted molar refractivity (Wildman–Crippen MR) is 119 cm³/mol. The van der Waals surface area contributed by atoms with Crippen LogP contribution in [0.15, 0.2) is 40.9 Å². The first-order chi connectivity index (χ1) is 14.1. The van der Waals surface area contributed by atoms with Crippen molar-refractivity contribution in [3.8, 4) is 11.5 Å². The van der Waals surface area contributed by atoms with Crippen LogP contribution in [0.25, 0.3) is 0 Å². The molecule has 2 aromatic carbocycles. The number of amides is 1. The number of hydrogen-bond donors (Lipinski definition) is 3. The molecule has 0 unspecified atom stereocenters. The van der Waals surface area contributed by atoms with Crippen LogP contribution in [0.3, 0.4) is 0 Å². The number of hydrogen-bond acceptors (Lipinski definition) is 5. The quantitative estimate of drug-likeness (QED) is 0.492. The summed E-state index contributed by atoms with van der Waals surface area (Å²) < 4.78 is 12.2. The number of ether oxygens (including phenoxy) is 2. The molecule has 162 valence electrons. The Labute approximate surface area is 184 Å². The molecule has 7 nitrogen and oxygen atoms in total. The second kappa shape index (κ2) is 10.3. The van der Waals surface area contributed by atoms with E-state index in [-0.39, 0.29) is 23.6 Å². The Kier molecular flexibility index (Phi) is 8.11. The highest BCUT2D eigenvalue weighted by Crippen LogP contribution is 2.34. The Morgan fingerprint density at radius 2 is 1.70 bits per heavy atom. The van der Waals surface area contributed by atoms with Gasteiger partial charge in [0.1, 0.15) is 0 Å². The summed E-state index contributed by atoms with van der Waals surface area (Å²) in [6, 6.07) is 10.1. The summed E-state index contributed by atoms with van der Waals surface area (Å²) in [5, 5.41) is 15.1. The summed E-state index contributed by atoms with van der Waals surface area (Å²) >= 11 is 3.54. The van der Waals surface area contributed by atoms with Crippen molar-refractivity contribution in [1.29, 1.82) is 0 Å². The van der Waals surface area contributed by atoms with Gasteiger partial charge in [0.15, 0.2) is 18.1 Å². The van der Waals surface area contributed by atoms with E-state index in [2.05, 4.69) is 26.6 Å². The number of benzene rings is 2. The maximum atomic E-state index is 12.0. The molecule has 0 bridgehead atoms. The highest BCUT2D eigenvalue weighted by atomic mass is 79.9. The minimum absolute atomic E-state index is 0.114. The van der Waals surface area contributed by atoms with Crippen molar-refractivity contribution in [3.63, 3.8) is 0 Å². The van der Waals surface area contributed by atoms with Gasteiger partial charge in [0.25, 0.3) is 5.91 Å². The lowest BCUT2D eigenvalue weighted by molar-refractivity contribution is -0.124. The SMILES string of the molecule is CCOc1cc(CNc2ccc(C(=O)O)cc2)c(Br)cc1OCC(=O)NC(C)(C)C. The Hall–Kier alpha value is -2.74. The minimum atomic E-state index is -0.961. The van der Waals surface area contributed by atoms with Gasteiger partial charge in [-0.3, -0.25) is 4.79 Å². The van der Waals surface area contributed by atoms with Gasteiger partial charge in [-0.15, -0.1) is 0 Å². The Balaban J connectivity index is 2.09. The predicted octanol–water partition coefficient (Wildman–Crippen LogP) is 4.45. The molecule has 0 spiro atoms. The zero-order chi connectivity index (χ0) is 22.3. The van der Waals surface area contributed by atoms with Crippen LogP contribution in [0.4, 0.5) is 5.69 Å². The van der Waals surface area contributed by atoms with Crippen LogP contribution in [0.2, 0.25) is 0 Å². The smallest absolute Gasteiger partial charge is 0.335 e. The highest BCUT2D eigenvalue weighted by Gasteiger charge is 2.16. The molecular formula is C22H27BrN2O5. The summed E-state index contributed by atoms with van der Waals surface area (Å²) in [5.41, 5.74) is 1.62. The molecule has 2 rings (SSSR count). The molecule has 0 radical (unpaired) electrons. The molecule has 0 saturated heterocycles. The molecule has 0 saturated carbocycles. The number of carboxylic acid groups (broad SMARTS) is 1. The van der Waals surface area contributed by atoms with Crippen LogP contribution >= 0.6 is 15.9 Å². The van der Waals surface area contributed by atoms with E-state index in [1.54, 1.807) is 30.3 Å². The van der Waals surface area contributed by atoms with Crippen LogP contribution in [0.5, 0.6) is 11.5 Å². The lowest BCUT2D eigenvalue weighted by Gasteiger charge is -2.21. The zero-order valence-corrected chi connectivity index (χ0v) is 19.1. The average molecular weight is 479 g/mol. The van der Waals surface area contributed by atoms with E-state index in [0.717, 1.165) is 15.7 Å². The number of halogens is 1. The Morgan fingerprint density at radius 1 is 1.07 bits per heavy atom. The van der Waals surface area contributed by atoms with Gasteiger partial charge in [0.05, 0.1) is 12.2 Å². The van der Waals surface area contributed by atoms with Crippen molar-refractivity contribution >= 4 is 33.5 Å². The molecule has 0 heterocycles. The maximum absolute atomic E-state index is 12.0. The molecule has 30 heavy (non-hydrogen) atoms. The second-order valence-electron chi connectivity index (χ2n) is 7.65. The maximum Gasteiger partial charge on any atom is 0.335 e. The van der Waals surface area contributed by atoms with Crippen molar-refractivity contribution in [3.05, 3.63) is 52.0 Å². The summed E-state index contributed by atoms with van der Waals surface area (Å²) in [6.07, 6.45) is 0. The van der Waals surface area contributed by atoms with Crippen LogP contribution < -0.4 is 20.1 Å². The van der Waals surface area contributed by atoms with Crippen molar-refractivity contribution in [2.45, 2.75) is 39.8 Å². The molecule has 0 aromatic heterocycles. The van der Waals surface area contributed by atoms with Gasteiger partial charge in [-0.05, 0) is 69.7 Å². The fourth-order valence-electron chi connectivity index (χ4n) is 2.62. The molecule has 3 N–H and O–H groups in total. The number of anilines is 1. The van der Waals surface area contributed by atoms with Crippen molar-refractivity contribution in [1.82, 2.24) is 5.32 Å². The number of rotatable bonds is 9. The number of aromatic carboxylic acids is 1. The fraction of sp³-hybridized carbons (Fsp3) is 0.364. The first kappa shape index (κ1) is 23.5. The van der Waals surface area contributed by atoms with E-state index in [1.807, 2.05) is 33.8 Å². The van der Waals surface area contributed by atoms with Crippen LogP contribution in [0, 0.1) is 0 Å². The largest absolute Gasteiger partial charge is 0.490 e. The van der Waals surface area contributed by atoms with Gasteiger partial charge in [-0.1, -0.05) is 15.9 Å². The Bertz CT molecular complexity index is 892. The molecule has 0 atom stereocenters. The molecular weight excluding hydrogens is 452 g/mol. The Morgan fingerprint density at radius 3 is 2.27 bits per heavy atom. The fourth-order valence-corrected chi connectivity index (χ4v) is 3.08. The molecule has 0 aliphatic heterocycles. The van der Waals surface area contributed by atoms with Gasteiger partial charge in [-0.2, -0.15) is 0 Å². The highest BCUT2D eigenvalue weighted by molar-refractivity contribution is 9.10. The first-order valence-corrected chi connectivity index (χ1v) is 10.3. The van der Waals surface area contributed by atoms with Gasteiger partial charge in [0, 0.05) is 22.2 Å². The number of carbonyl (C=O) groups excluding carboxylic acids is 1. The van der Waals surface area contributed by atoms with Gasteiger partial charge >= 0.3 is 5.97 Å². The van der Waals surface area contributed by atoms with Crippen molar-refractivity contribution < 1.29 is 24.2 Å². The molecule has 0 fully saturated rings.